The van der Waals surface area contributed by atoms with E-state index in [2.05, 4.69) is 40.8 Å². The number of ether oxygens (including phenoxy) is 2. The van der Waals surface area contributed by atoms with Gasteiger partial charge in [-0.15, -0.1) is 0 Å². The number of carbonyl (C=O) groups is 1. The van der Waals surface area contributed by atoms with Crippen LogP contribution in [0.4, 0.5) is 0 Å². The molecular formula is C26H36O6Si. The quantitative estimate of drug-likeness (QED) is 0.521. The first-order valence-corrected chi connectivity index (χ1v) is 15.0. The molecule has 7 heteroatoms. The normalized spacial score (nSPS) is 26.6. The smallest absolute Gasteiger partial charge is 0.339 e. The second kappa shape index (κ2) is 7.09. The average molecular weight is 473 g/mol. The summed E-state index contributed by atoms with van der Waals surface area (Å²) in [5.74, 6) is -0.540. The molecule has 1 aliphatic heterocycles. The lowest BCUT2D eigenvalue weighted by atomic mass is 9.63. The van der Waals surface area contributed by atoms with Crippen LogP contribution in [-0.4, -0.2) is 38.4 Å². The molecule has 6 nitrogen and oxygen atoms in total. The van der Waals surface area contributed by atoms with Crippen LogP contribution >= 0.6 is 0 Å². The molecule has 2 aromatic rings. The van der Waals surface area contributed by atoms with Crippen LogP contribution in [0.3, 0.4) is 0 Å². The third-order valence-electron chi connectivity index (χ3n) is 9.19. The fourth-order valence-corrected chi connectivity index (χ4v) is 7.23. The summed E-state index contributed by atoms with van der Waals surface area (Å²) >= 11 is 0. The van der Waals surface area contributed by atoms with E-state index in [1.165, 1.54) is 17.4 Å². The van der Waals surface area contributed by atoms with Crippen LogP contribution in [0.15, 0.2) is 10.7 Å². The fourth-order valence-electron chi connectivity index (χ4n) is 6.21. The summed E-state index contributed by atoms with van der Waals surface area (Å²) in [6.07, 6.45) is 4.98. The van der Waals surface area contributed by atoms with Crippen molar-refractivity contribution >= 4 is 25.3 Å². The predicted octanol–water partition coefficient (Wildman–Crippen LogP) is 6.40. The van der Waals surface area contributed by atoms with Crippen LogP contribution in [0.5, 0.6) is 5.75 Å². The van der Waals surface area contributed by atoms with Crippen LogP contribution in [0, 0.1) is 12.3 Å². The van der Waals surface area contributed by atoms with Crippen molar-refractivity contribution in [3.05, 3.63) is 28.5 Å². The summed E-state index contributed by atoms with van der Waals surface area (Å²) in [5.41, 5.74) is 4.05. The summed E-state index contributed by atoms with van der Waals surface area (Å²) < 4.78 is 25.6. The molecule has 2 aliphatic carbocycles. The van der Waals surface area contributed by atoms with Gasteiger partial charge in [-0.2, -0.15) is 0 Å². The van der Waals surface area contributed by atoms with E-state index >= 15 is 0 Å². The maximum Gasteiger partial charge on any atom is 0.339 e. The van der Waals surface area contributed by atoms with Crippen LogP contribution in [0.1, 0.15) is 79.9 Å². The first-order valence-electron chi connectivity index (χ1n) is 12.1. The van der Waals surface area contributed by atoms with E-state index in [9.17, 15) is 9.90 Å². The second-order valence-electron chi connectivity index (χ2n) is 11.8. The highest BCUT2D eigenvalue weighted by Crippen LogP contribution is 2.65. The summed E-state index contributed by atoms with van der Waals surface area (Å²) in [4.78, 5) is 12.0. The van der Waals surface area contributed by atoms with Gasteiger partial charge in [-0.05, 0) is 61.4 Å². The Bertz CT molecular complexity index is 1130. The molecular weight excluding hydrogens is 436 g/mol. The molecule has 1 aromatic heterocycles. The van der Waals surface area contributed by atoms with Crippen molar-refractivity contribution in [3.8, 4) is 5.75 Å². The Morgan fingerprint density at radius 1 is 1.21 bits per heavy atom. The number of furan rings is 1. The van der Waals surface area contributed by atoms with Gasteiger partial charge in [-0.1, -0.05) is 27.7 Å². The molecule has 33 heavy (non-hydrogen) atoms. The molecule has 1 unspecified atom stereocenters. The lowest BCUT2D eigenvalue weighted by Crippen LogP contribution is -2.48. The van der Waals surface area contributed by atoms with E-state index in [0.29, 0.717) is 24.2 Å². The summed E-state index contributed by atoms with van der Waals surface area (Å²) in [5, 5.41) is 10.5. The van der Waals surface area contributed by atoms with Crippen molar-refractivity contribution in [2.45, 2.75) is 90.1 Å². The van der Waals surface area contributed by atoms with Crippen LogP contribution in [0.25, 0.3) is 11.0 Å². The molecule has 1 saturated carbocycles. The fraction of sp³-hybridized carbons (Fsp3) is 0.654. The van der Waals surface area contributed by atoms with Gasteiger partial charge >= 0.3 is 5.97 Å². The number of hydrogen-bond donors (Lipinski definition) is 1. The molecule has 2 atom stereocenters. The summed E-state index contributed by atoms with van der Waals surface area (Å²) in [6, 6.07) is 0. The van der Waals surface area contributed by atoms with Crippen molar-refractivity contribution in [2.24, 2.45) is 5.41 Å². The van der Waals surface area contributed by atoms with E-state index in [1.807, 2.05) is 6.92 Å². The van der Waals surface area contributed by atoms with Crippen LogP contribution < -0.4 is 4.43 Å². The molecule has 0 amide bonds. The first-order chi connectivity index (χ1) is 15.3. The zero-order chi connectivity index (χ0) is 24.0. The van der Waals surface area contributed by atoms with Crippen LogP contribution in [0.2, 0.25) is 18.1 Å². The standard InChI is InChI=1S/C26H36O6Si/c1-15-16-8-10-25(5)18(9-11-26(25)30-12-13-31-26)20(16)22(32-33(6,7)24(2,3)4)21-19(15)17(14-29-21)23(27)28/h14,18H,8-13H2,1-7H3,(H,27,28)/t18-,25?/m0/s1. The van der Waals surface area contributed by atoms with Crippen molar-refractivity contribution in [3.63, 3.8) is 0 Å². The maximum absolute atomic E-state index is 12.0. The number of carboxylic acid groups (broad SMARTS) is 1. The maximum atomic E-state index is 12.0. The monoisotopic (exact) mass is 472 g/mol. The number of aryl methyl sites for hydroxylation is 1. The number of fused-ring (bicyclic) bond motifs is 5. The molecule has 2 heterocycles. The topological polar surface area (TPSA) is 78.1 Å². The molecule has 0 bridgehead atoms. The SMILES string of the molecule is Cc1c2c(c(O[Si](C)(C)C(C)(C)C)c3occ(C(=O)O)c13)[C@@H]1CCC3(OCCO3)C1(C)CC2. The first kappa shape index (κ1) is 22.9. The third-order valence-corrected chi connectivity index (χ3v) is 13.5. The molecule has 1 N–H and O–H groups in total. The minimum Gasteiger partial charge on any atom is -0.541 e. The highest BCUT2D eigenvalue weighted by atomic mass is 28.4. The Morgan fingerprint density at radius 2 is 1.88 bits per heavy atom. The zero-order valence-corrected chi connectivity index (χ0v) is 21.9. The summed E-state index contributed by atoms with van der Waals surface area (Å²) in [7, 11) is -2.24. The molecule has 1 saturated heterocycles. The molecule has 1 aromatic carbocycles. The van der Waals surface area contributed by atoms with Gasteiger partial charge < -0.3 is 23.4 Å². The van der Waals surface area contributed by atoms with Gasteiger partial charge in [-0.25, -0.2) is 4.79 Å². The van der Waals surface area contributed by atoms with Gasteiger partial charge in [0.2, 0.25) is 0 Å². The number of benzene rings is 1. The van der Waals surface area contributed by atoms with Crippen molar-refractivity contribution in [2.75, 3.05) is 13.2 Å². The minimum absolute atomic E-state index is 0.00808. The highest BCUT2D eigenvalue weighted by Gasteiger charge is 2.63. The Balaban J connectivity index is 1.78. The minimum atomic E-state index is -2.24. The summed E-state index contributed by atoms with van der Waals surface area (Å²) in [6.45, 7) is 16.7. The van der Waals surface area contributed by atoms with Crippen LogP contribution in [-0.2, 0) is 15.9 Å². The molecule has 3 aliphatic rings. The van der Waals surface area contributed by atoms with E-state index in [1.54, 1.807) is 0 Å². The van der Waals surface area contributed by atoms with Crippen molar-refractivity contribution in [1.82, 2.24) is 0 Å². The van der Waals surface area contributed by atoms with Gasteiger partial charge in [0.05, 0.1) is 13.2 Å². The number of rotatable bonds is 3. The molecule has 2 fully saturated rings. The number of carboxylic acids is 1. The van der Waals surface area contributed by atoms with E-state index in [-0.39, 0.29) is 21.9 Å². The highest BCUT2D eigenvalue weighted by molar-refractivity contribution is 6.74. The Kier molecular flexibility index (Phi) is 4.93. The Morgan fingerprint density at radius 3 is 2.48 bits per heavy atom. The van der Waals surface area contributed by atoms with Crippen molar-refractivity contribution in [1.29, 1.82) is 0 Å². The lowest BCUT2D eigenvalue weighted by Gasteiger charge is -2.47. The second-order valence-corrected chi connectivity index (χ2v) is 16.6. The largest absolute Gasteiger partial charge is 0.541 e. The number of hydrogen-bond acceptors (Lipinski definition) is 5. The lowest BCUT2D eigenvalue weighted by molar-refractivity contribution is -0.222. The third kappa shape index (κ3) is 3.01. The van der Waals surface area contributed by atoms with E-state index in [4.69, 9.17) is 18.3 Å². The van der Waals surface area contributed by atoms with Gasteiger partial charge in [-0.3, -0.25) is 0 Å². The molecule has 5 rings (SSSR count). The van der Waals surface area contributed by atoms with Gasteiger partial charge in [0.25, 0.3) is 8.32 Å². The molecule has 0 radical (unpaired) electrons. The van der Waals surface area contributed by atoms with Gasteiger partial charge in [0.15, 0.2) is 17.1 Å². The predicted molar refractivity (Wildman–Crippen MR) is 129 cm³/mol. The number of aromatic carboxylic acids is 1. The Labute approximate surface area is 196 Å². The average Bonchev–Trinajstić information content (AvgIpc) is 3.43. The molecule has 180 valence electrons. The van der Waals surface area contributed by atoms with Gasteiger partial charge in [0.1, 0.15) is 11.8 Å². The van der Waals surface area contributed by atoms with E-state index < -0.39 is 20.1 Å². The Hall–Kier alpha value is -1.83. The zero-order valence-electron chi connectivity index (χ0n) is 20.9. The molecule has 1 spiro atoms. The van der Waals surface area contributed by atoms with Gasteiger partial charge in [0, 0.05) is 22.8 Å². The van der Waals surface area contributed by atoms with Crippen molar-refractivity contribution < 1.29 is 28.2 Å². The van der Waals surface area contributed by atoms with E-state index in [0.717, 1.165) is 37.0 Å².